The minimum atomic E-state index is -0.787. The van der Waals surface area contributed by atoms with Crippen LogP contribution in [0.1, 0.15) is 297 Å². The van der Waals surface area contributed by atoms with E-state index in [1.807, 2.05) is 0 Å². The van der Waals surface area contributed by atoms with Crippen molar-refractivity contribution in [1.29, 1.82) is 0 Å². The van der Waals surface area contributed by atoms with Crippen LogP contribution < -0.4 is 0 Å². The molecule has 0 aliphatic carbocycles. The molecular formula is C62H110O6. The number of carbonyl (C=O) groups excluding carboxylic acids is 3. The van der Waals surface area contributed by atoms with Crippen molar-refractivity contribution in [2.45, 2.75) is 303 Å². The number of allylic oxidation sites excluding steroid dienone is 10. The predicted molar refractivity (Wildman–Crippen MR) is 293 cm³/mol. The Bertz CT molecular complexity index is 1230. The van der Waals surface area contributed by atoms with Crippen molar-refractivity contribution in [3.63, 3.8) is 0 Å². The maximum atomic E-state index is 12.9. The Balaban J connectivity index is 4.40. The highest BCUT2D eigenvalue weighted by Gasteiger charge is 2.19. The first-order valence-corrected chi connectivity index (χ1v) is 29.3. The molecule has 0 aromatic heterocycles. The molecule has 0 aliphatic rings. The fourth-order valence-electron chi connectivity index (χ4n) is 8.37. The molecule has 1 atom stereocenters. The molecule has 0 radical (unpaired) electrons. The third-order valence-corrected chi connectivity index (χ3v) is 12.8. The minimum absolute atomic E-state index is 0.0842. The summed E-state index contributed by atoms with van der Waals surface area (Å²) in [7, 11) is 0. The number of carbonyl (C=O) groups is 3. The van der Waals surface area contributed by atoms with Gasteiger partial charge in [0.25, 0.3) is 0 Å². The predicted octanol–water partition coefficient (Wildman–Crippen LogP) is 19.6. The summed E-state index contributed by atoms with van der Waals surface area (Å²) in [6.07, 6.45) is 70.7. The molecule has 68 heavy (non-hydrogen) atoms. The van der Waals surface area contributed by atoms with Gasteiger partial charge in [0.2, 0.25) is 0 Å². The third-order valence-electron chi connectivity index (χ3n) is 12.8. The first-order chi connectivity index (χ1) is 33.5. The summed E-state index contributed by atoms with van der Waals surface area (Å²) < 4.78 is 16.9. The highest BCUT2D eigenvalue weighted by atomic mass is 16.6. The van der Waals surface area contributed by atoms with Crippen LogP contribution in [0.4, 0.5) is 0 Å². The zero-order chi connectivity index (χ0) is 49.3. The van der Waals surface area contributed by atoms with Crippen LogP contribution in [-0.2, 0) is 28.6 Å². The third kappa shape index (κ3) is 54.1. The molecule has 0 rings (SSSR count). The van der Waals surface area contributed by atoms with Gasteiger partial charge >= 0.3 is 17.9 Å². The van der Waals surface area contributed by atoms with Crippen molar-refractivity contribution < 1.29 is 28.6 Å². The van der Waals surface area contributed by atoms with Crippen molar-refractivity contribution in [1.82, 2.24) is 0 Å². The largest absolute Gasteiger partial charge is 0.462 e. The van der Waals surface area contributed by atoms with E-state index in [-0.39, 0.29) is 31.1 Å². The summed E-state index contributed by atoms with van der Waals surface area (Å²) in [6.45, 7) is 6.53. The summed E-state index contributed by atoms with van der Waals surface area (Å²) in [6, 6.07) is 0. The SMILES string of the molecule is CC/C=C\C/C=C\C/C=C\C/C=C\CCCCCC(=O)OCC(COC(=O)CCCCCCCCC/C=C\CCCCCCCC)OC(=O)CCCCCCCCCCCCCCCCCCC. The maximum Gasteiger partial charge on any atom is 0.306 e. The molecule has 0 heterocycles. The second-order valence-electron chi connectivity index (χ2n) is 19.5. The van der Waals surface area contributed by atoms with Crippen LogP contribution in [-0.4, -0.2) is 37.2 Å². The van der Waals surface area contributed by atoms with E-state index in [1.54, 1.807) is 0 Å². The van der Waals surface area contributed by atoms with E-state index in [0.29, 0.717) is 19.3 Å². The van der Waals surface area contributed by atoms with Gasteiger partial charge in [-0.05, 0) is 83.5 Å². The topological polar surface area (TPSA) is 78.9 Å². The Morgan fingerprint density at radius 2 is 0.574 bits per heavy atom. The molecule has 0 aromatic rings. The Morgan fingerprint density at radius 1 is 0.309 bits per heavy atom. The fraction of sp³-hybridized carbons (Fsp3) is 0.790. The van der Waals surface area contributed by atoms with E-state index in [2.05, 4.69) is 81.5 Å². The lowest BCUT2D eigenvalue weighted by molar-refractivity contribution is -0.167. The second-order valence-corrected chi connectivity index (χ2v) is 19.5. The van der Waals surface area contributed by atoms with E-state index in [0.717, 1.165) is 89.9 Å². The van der Waals surface area contributed by atoms with Crippen LogP contribution in [0.5, 0.6) is 0 Å². The van der Waals surface area contributed by atoms with E-state index in [4.69, 9.17) is 14.2 Å². The van der Waals surface area contributed by atoms with Gasteiger partial charge in [-0.1, -0.05) is 255 Å². The van der Waals surface area contributed by atoms with Crippen LogP contribution in [0.2, 0.25) is 0 Å². The van der Waals surface area contributed by atoms with Crippen LogP contribution in [0.15, 0.2) is 60.8 Å². The van der Waals surface area contributed by atoms with Crippen LogP contribution in [0.25, 0.3) is 0 Å². The molecule has 6 nitrogen and oxygen atoms in total. The van der Waals surface area contributed by atoms with Gasteiger partial charge in [-0.2, -0.15) is 0 Å². The number of hydrogen-bond acceptors (Lipinski definition) is 6. The highest BCUT2D eigenvalue weighted by molar-refractivity contribution is 5.71. The van der Waals surface area contributed by atoms with E-state index in [9.17, 15) is 14.4 Å². The Morgan fingerprint density at radius 3 is 0.926 bits per heavy atom. The van der Waals surface area contributed by atoms with Crippen molar-refractivity contribution in [3.8, 4) is 0 Å². The smallest absolute Gasteiger partial charge is 0.306 e. The Kier molecular flexibility index (Phi) is 54.3. The van der Waals surface area contributed by atoms with E-state index in [1.165, 1.54) is 167 Å². The van der Waals surface area contributed by atoms with Crippen molar-refractivity contribution in [3.05, 3.63) is 60.8 Å². The molecule has 394 valence electrons. The average molecular weight is 952 g/mol. The molecule has 0 saturated heterocycles. The Labute approximate surface area is 421 Å². The van der Waals surface area contributed by atoms with Gasteiger partial charge in [0, 0.05) is 19.3 Å². The van der Waals surface area contributed by atoms with Gasteiger partial charge in [-0.3, -0.25) is 14.4 Å². The monoisotopic (exact) mass is 951 g/mol. The highest BCUT2D eigenvalue weighted by Crippen LogP contribution is 2.16. The van der Waals surface area contributed by atoms with Gasteiger partial charge < -0.3 is 14.2 Å². The van der Waals surface area contributed by atoms with Crippen LogP contribution >= 0.6 is 0 Å². The van der Waals surface area contributed by atoms with Gasteiger partial charge in [0.1, 0.15) is 13.2 Å². The standard InChI is InChI=1S/C62H110O6/c1-4-7-10-13-16-19-22-25-28-31-34-37-40-43-46-49-52-55-61(64)67-58-59(57-66-60(63)54-51-48-45-42-39-36-33-30-27-24-21-18-15-12-9-6-3)68-62(65)56-53-50-47-44-41-38-35-32-29-26-23-20-17-14-11-8-5-2/h9,12,18,21,25,27-28,30,36,39,59H,4-8,10-11,13-17,19-20,22-24,26,29,31-35,37-38,40-58H2,1-3H3/b12-9-,21-18-,28-25-,30-27-,39-36-. The lowest BCUT2D eigenvalue weighted by Crippen LogP contribution is -2.30. The van der Waals surface area contributed by atoms with E-state index < -0.39 is 6.10 Å². The number of unbranched alkanes of at least 4 members (excludes halogenated alkanes) is 32. The summed E-state index contributed by atoms with van der Waals surface area (Å²) in [5.41, 5.74) is 0. The summed E-state index contributed by atoms with van der Waals surface area (Å²) in [5, 5.41) is 0. The summed E-state index contributed by atoms with van der Waals surface area (Å²) >= 11 is 0. The second kappa shape index (κ2) is 56.7. The van der Waals surface area contributed by atoms with Crippen LogP contribution in [0, 0.1) is 0 Å². The lowest BCUT2D eigenvalue weighted by atomic mass is 10.0. The molecule has 6 heteroatoms. The first kappa shape index (κ1) is 65.1. The molecule has 0 aromatic carbocycles. The molecule has 0 bridgehead atoms. The summed E-state index contributed by atoms with van der Waals surface area (Å²) in [4.78, 5) is 38.2. The number of esters is 3. The molecule has 0 spiro atoms. The average Bonchev–Trinajstić information content (AvgIpc) is 3.34. The van der Waals surface area contributed by atoms with Crippen LogP contribution in [0.3, 0.4) is 0 Å². The van der Waals surface area contributed by atoms with E-state index >= 15 is 0 Å². The molecule has 0 fully saturated rings. The van der Waals surface area contributed by atoms with Gasteiger partial charge in [0.15, 0.2) is 6.10 Å². The molecule has 1 unspecified atom stereocenters. The molecular weight excluding hydrogens is 841 g/mol. The van der Waals surface area contributed by atoms with Crippen molar-refractivity contribution in [2.75, 3.05) is 13.2 Å². The molecule has 0 saturated carbocycles. The maximum absolute atomic E-state index is 12.9. The lowest BCUT2D eigenvalue weighted by Gasteiger charge is -2.18. The van der Waals surface area contributed by atoms with Gasteiger partial charge in [-0.15, -0.1) is 0 Å². The van der Waals surface area contributed by atoms with Crippen molar-refractivity contribution >= 4 is 17.9 Å². The summed E-state index contributed by atoms with van der Waals surface area (Å²) in [5.74, 6) is -0.906. The minimum Gasteiger partial charge on any atom is -0.462 e. The number of ether oxygens (including phenoxy) is 3. The zero-order valence-electron chi connectivity index (χ0n) is 45.1. The van der Waals surface area contributed by atoms with Gasteiger partial charge in [0.05, 0.1) is 0 Å². The molecule has 0 amide bonds. The first-order valence-electron chi connectivity index (χ1n) is 29.3. The van der Waals surface area contributed by atoms with Crippen molar-refractivity contribution in [2.24, 2.45) is 0 Å². The quantitative estimate of drug-likeness (QED) is 0.0262. The Hall–Kier alpha value is -2.89. The molecule has 0 N–H and O–H groups in total. The normalized spacial score (nSPS) is 12.5. The fourth-order valence-corrected chi connectivity index (χ4v) is 8.37. The number of hydrogen-bond donors (Lipinski definition) is 0. The zero-order valence-corrected chi connectivity index (χ0v) is 45.1. The van der Waals surface area contributed by atoms with Gasteiger partial charge in [-0.25, -0.2) is 0 Å². The number of rotatable bonds is 53. The molecule has 0 aliphatic heterocycles.